The van der Waals surface area contributed by atoms with Crippen LogP contribution in [0, 0.1) is 6.92 Å². The number of benzene rings is 5. The molecular formula is C35H29N. The van der Waals surface area contributed by atoms with Gasteiger partial charge in [-0.15, -0.1) is 0 Å². The molecule has 174 valence electrons. The number of hydrogen-bond donors (Lipinski definition) is 0. The third kappa shape index (κ3) is 5.71. The van der Waals surface area contributed by atoms with Gasteiger partial charge in [-0.2, -0.15) is 0 Å². The molecule has 0 N–H and O–H groups in total. The Morgan fingerprint density at radius 3 is 1.39 bits per heavy atom. The van der Waals surface area contributed by atoms with Gasteiger partial charge < -0.3 is 4.90 Å². The molecule has 0 unspecified atom stereocenters. The van der Waals surface area contributed by atoms with Crippen molar-refractivity contribution in [1.29, 1.82) is 0 Å². The molecule has 5 aromatic carbocycles. The maximum Gasteiger partial charge on any atom is 0.0456 e. The van der Waals surface area contributed by atoms with E-state index in [4.69, 9.17) is 0 Å². The standard InChI is InChI=1S/C35H29N/c1-28-17-23-33(24-18-28)36(27-35(31-13-7-3-8-14-31)32-15-9-4-10-16-32)34-25-21-30(22-26-34)20-19-29-11-5-2-6-12-29/h2-27H,1H3. The Bertz CT molecular complexity index is 1390. The summed E-state index contributed by atoms with van der Waals surface area (Å²) >= 11 is 0. The van der Waals surface area contributed by atoms with Gasteiger partial charge in [-0.25, -0.2) is 0 Å². The van der Waals surface area contributed by atoms with Crippen LogP contribution in [0.2, 0.25) is 0 Å². The van der Waals surface area contributed by atoms with E-state index in [-0.39, 0.29) is 0 Å². The average molecular weight is 464 g/mol. The molecule has 0 saturated heterocycles. The van der Waals surface area contributed by atoms with E-state index in [1.165, 1.54) is 33.4 Å². The summed E-state index contributed by atoms with van der Waals surface area (Å²) < 4.78 is 0. The Kier molecular flexibility index (Phi) is 7.20. The van der Waals surface area contributed by atoms with Crippen LogP contribution in [0.1, 0.15) is 27.8 Å². The zero-order valence-corrected chi connectivity index (χ0v) is 20.5. The number of hydrogen-bond acceptors (Lipinski definition) is 1. The minimum absolute atomic E-state index is 1.11. The fraction of sp³-hybridized carbons (Fsp3) is 0.0286. The van der Waals surface area contributed by atoms with Crippen molar-refractivity contribution in [1.82, 2.24) is 0 Å². The first kappa shape index (κ1) is 23.1. The number of nitrogens with zero attached hydrogens (tertiary/aromatic N) is 1. The first-order valence-corrected chi connectivity index (χ1v) is 12.3. The Hall–Kier alpha value is -4.62. The maximum absolute atomic E-state index is 2.28. The summed E-state index contributed by atoms with van der Waals surface area (Å²) in [5.41, 5.74) is 9.38. The normalized spacial score (nSPS) is 10.8. The van der Waals surface area contributed by atoms with Crippen molar-refractivity contribution in [3.05, 3.63) is 174 Å². The smallest absolute Gasteiger partial charge is 0.0456 e. The first-order valence-electron chi connectivity index (χ1n) is 12.3. The highest BCUT2D eigenvalue weighted by atomic mass is 15.1. The largest absolute Gasteiger partial charge is 0.317 e. The van der Waals surface area contributed by atoms with E-state index >= 15 is 0 Å². The van der Waals surface area contributed by atoms with Gasteiger partial charge in [0.15, 0.2) is 0 Å². The second kappa shape index (κ2) is 11.2. The van der Waals surface area contributed by atoms with E-state index in [0.29, 0.717) is 0 Å². The first-order chi connectivity index (χ1) is 17.8. The Morgan fingerprint density at radius 1 is 0.472 bits per heavy atom. The SMILES string of the molecule is Cc1ccc(N(C=C(c2ccccc2)c2ccccc2)c2ccc(C=Cc3ccccc3)cc2)cc1. The van der Waals surface area contributed by atoms with Crippen LogP contribution in [0.5, 0.6) is 0 Å². The highest BCUT2D eigenvalue weighted by Gasteiger charge is 2.12. The molecule has 0 atom stereocenters. The molecule has 5 rings (SSSR count). The molecule has 0 bridgehead atoms. The van der Waals surface area contributed by atoms with Gasteiger partial charge in [-0.1, -0.05) is 133 Å². The van der Waals surface area contributed by atoms with Crippen LogP contribution in [0.25, 0.3) is 17.7 Å². The Morgan fingerprint density at radius 2 is 0.889 bits per heavy atom. The molecule has 36 heavy (non-hydrogen) atoms. The van der Waals surface area contributed by atoms with E-state index in [1.807, 2.05) is 6.07 Å². The minimum atomic E-state index is 1.11. The van der Waals surface area contributed by atoms with Crippen LogP contribution in [-0.4, -0.2) is 0 Å². The van der Waals surface area contributed by atoms with Gasteiger partial charge >= 0.3 is 0 Å². The summed E-state index contributed by atoms with van der Waals surface area (Å²) in [5.74, 6) is 0. The number of anilines is 2. The molecular weight excluding hydrogens is 434 g/mol. The number of rotatable bonds is 7. The van der Waals surface area contributed by atoms with Gasteiger partial charge in [0.05, 0.1) is 0 Å². The lowest BCUT2D eigenvalue weighted by Crippen LogP contribution is -2.10. The fourth-order valence-electron chi connectivity index (χ4n) is 4.19. The Balaban J connectivity index is 1.56. The molecule has 0 radical (unpaired) electrons. The molecule has 5 aromatic rings. The topological polar surface area (TPSA) is 3.24 Å². The Labute approximate surface area is 214 Å². The van der Waals surface area contributed by atoms with Crippen LogP contribution in [0.4, 0.5) is 11.4 Å². The predicted molar refractivity (Wildman–Crippen MR) is 155 cm³/mol. The zero-order valence-electron chi connectivity index (χ0n) is 20.5. The third-order valence-corrected chi connectivity index (χ3v) is 6.18. The van der Waals surface area contributed by atoms with Crippen LogP contribution < -0.4 is 4.90 Å². The molecule has 0 aliphatic carbocycles. The summed E-state index contributed by atoms with van der Waals surface area (Å²) in [6, 6.07) is 49.0. The summed E-state index contributed by atoms with van der Waals surface area (Å²) in [4.78, 5) is 2.28. The molecule has 1 nitrogen and oxygen atoms in total. The van der Waals surface area contributed by atoms with E-state index in [1.54, 1.807) is 0 Å². The van der Waals surface area contributed by atoms with E-state index in [0.717, 1.165) is 11.4 Å². The molecule has 0 spiro atoms. The van der Waals surface area contributed by atoms with Gasteiger partial charge in [0, 0.05) is 23.1 Å². The molecule has 0 amide bonds. The van der Waals surface area contributed by atoms with Gasteiger partial charge in [0.1, 0.15) is 0 Å². The van der Waals surface area contributed by atoms with Crippen LogP contribution in [0.15, 0.2) is 146 Å². The summed E-state index contributed by atoms with van der Waals surface area (Å²) in [5, 5.41) is 0. The minimum Gasteiger partial charge on any atom is -0.317 e. The van der Waals surface area contributed by atoms with Crippen molar-refractivity contribution in [3.63, 3.8) is 0 Å². The highest BCUT2D eigenvalue weighted by molar-refractivity contribution is 5.84. The van der Waals surface area contributed by atoms with Crippen molar-refractivity contribution in [2.75, 3.05) is 4.90 Å². The van der Waals surface area contributed by atoms with E-state index in [9.17, 15) is 0 Å². The van der Waals surface area contributed by atoms with Crippen molar-refractivity contribution >= 4 is 29.1 Å². The lowest BCUT2D eigenvalue weighted by atomic mass is 9.98. The van der Waals surface area contributed by atoms with Crippen molar-refractivity contribution < 1.29 is 0 Å². The average Bonchev–Trinajstić information content (AvgIpc) is 2.95. The molecule has 0 heterocycles. The molecule has 0 aliphatic rings. The highest BCUT2D eigenvalue weighted by Crippen LogP contribution is 2.32. The lowest BCUT2D eigenvalue weighted by Gasteiger charge is -2.24. The summed E-state index contributed by atoms with van der Waals surface area (Å²) in [6.45, 7) is 2.12. The van der Waals surface area contributed by atoms with Crippen molar-refractivity contribution in [2.24, 2.45) is 0 Å². The van der Waals surface area contributed by atoms with Crippen LogP contribution in [0.3, 0.4) is 0 Å². The molecule has 0 aliphatic heterocycles. The van der Waals surface area contributed by atoms with Gasteiger partial charge in [-0.3, -0.25) is 0 Å². The number of aryl methyl sites for hydroxylation is 1. The molecule has 0 fully saturated rings. The second-order valence-corrected chi connectivity index (χ2v) is 8.82. The van der Waals surface area contributed by atoms with E-state index in [2.05, 4.69) is 164 Å². The lowest BCUT2D eigenvalue weighted by molar-refractivity contribution is 1.27. The van der Waals surface area contributed by atoms with Crippen molar-refractivity contribution in [3.8, 4) is 0 Å². The van der Waals surface area contributed by atoms with Gasteiger partial charge in [0.25, 0.3) is 0 Å². The quantitative estimate of drug-likeness (QED) is 0.217. The molecule has 1 heteroatoms. The molecule has 0 aromatic heterocycles. The van der Waals surface area contributed by atoms with Gasteiger partial charge in [0.2, 0.25) is 0 Å². The third-order valence-electron chi connectivity index (χ3n) is 6.18. The second-order valence-electron chi connectivity index (χ2n) is 8.82. The predicted octanol–water partition coefficient (Wildman–Crippen LogP) is 9.39. The summed E-state index contributed by atoms with van der Waals surface area (Å²) in [7, 11) is 0. The fourth-order valence-corrected chi connectivity index (χ4v) is 4.19. The van der Waals surface area contributed by atoms with E-state index < -0.39 is 0 Å². The summed E-state index contributed by atoms with van der Waals surface area (Å²) in [6.07, 6.45) is 6.56. The van der Waals surface area contributed by atoms with Gasteiger partial charge in [-0.05, 0) is 53.4 Å². The molecule has 0 saturated carbocycles. The maximum atomic E-state index is 2.28. The monoisotopic (exact) mass is 463 g/mol. The zero-order chi connectivity index (χ0) is 24.6. The van der Waals surface area contributed by atoms with Crippen LogP contribution in [-0.2, 0) is 0 Å². The van der Waals surface area contributed by atoms with Crippen LogP contribution >= 0.6 is 0 Å². The van der Waals surface area contributed by atoms with Crippen molar-refractivity contribution in [2.45, 2.75) is 6.92 Å².